The lowest BCUT2D eigenvalue weighted by Crippen LogP contribution is -2.21. The maximum absolute atomic E-state index is 3.51. The molecule has 1 aromatic rings. The highest BCUT2D eigenvalue weighted by Gasteiger charge is 2.10. The second-order valence-electron chi connectivity index (χ2n) is 4.84. The van der Waals surface area contributed by atoms with Crippen LogP contribution >= 0.6 is 0 Å². The normalized spacial score (nSPS) is 14.0. The van der Waals surface area contributed by atoms with Crippen LogP contribution in [0.25, 0.3) is 6.08 Å². The molecule has 1 N–H and O–H groups in total. The van der Waals surface area contributed by atoms with Crippen molar-refractivity contribution in [3.63, 3.8) is 0 Å². The molecular formula is C14H21N3. The zero-order valence-corrected chi connectivity index (χ0v) is 10.9. The predicted molar refractivity (Wildman–Crippen MR) is 74.0 cm³/mol. The monoisotopic (exact) mass is 231 g/mol. The van der Waals surface area contributed by atoms with Crippen LogP contribution in [-0.4, -0.2) is 44.0 Å². The van der Waals surface area contributed by atoms with Crippen LogP contribution in [0, 0.1) is 0 Å². The van der Waals surface area contributed by atoms with Gasteiger partial charge >= 0.3 is 0 Å². The first kappa shape index (κ1) is 12.0. The maximum atomic E-state index is 3.51. The number of rotatable bonds is 4. The van der Waals surface area contributed by atoms with E-state index < -0.39 is 0 Å². The first-order chi connectivity index (χ1) is 8.16. The molecule has 0 amide bonds. The van der Waals surface area contributed by atoms with Crippen molar-refractivity contribution in [2.24, 2.45) is 0 Å². The van der Waals surface area contributed by atoms with Crippen LogP contribution in [0.2, 0.25) is 0 Å². The van der Waals surface area contributed by atoms with Crippen LogP contribution in [-0.2, 0) is 6.54 Å². The first-order valence-corrected chi connectivity index (χ1v) is 6.06. The van der Waals surface area contributed by atoms with Crippen molar-refractivity contribution < 1.29 is 0 Å². The fourth-order valence-corrected chi connectivity index (χ4v) is 2.04. The van der Waals surface area contributed by atoms with E-state index in [1.165, 1.54) is 16.8 Å². The lowest BCUT2D eigenvalue weighted by molar-refractivity contribution is 0.425. The molecule has 0 unspecified atom stereocenters. The van der Waals surface area contributed by atoms with Crippen molar-refractivity contribution in [1.29, 1.82) is 0 Å². The van der Waals surface area contributed by atoms with E-state index in [9.17, 15) is 0 Å². The Morgan fingerprint density at radius 2 is 2.18 bits per heavy atom. The van der Waals surface area contributed by atoms with Crippen LogP contribution < -0.4 is 5.32 Å². The van der Waals surface area contributed by atoms with Crippen molar-refractivity contribution in [2.75, 3.05) is 39.5 Å². The van der Waals surface area contributed by atoms with Crippen molar-refractivity contribution in [3.05, 3.63) is 35.5 Å². The van der Waals surface area contributed by atoms with Crippen molar-refractivity contribution in [1.82, 2.24) is 9.80 Å². The molecule has 0 atom stereocenters. The molecule has 0 saturated carbocycles. The number of nitrogens with one attached hydrogen (secondary N) is 1. The van der Waals surface area contributed by atoms with Gasteiger partial charge in [0.05, 0.1) is 0 Å². The van der Waals surface area contributed by atoms with Crippen LogP contribution in [0.5, 0.6) is 0 Å². The Labute approximate surface area is 104 Å². The summed E-state index contributed by atoms with van der Waals surface area (Å²) < 4.78 is 0. The summed E-state index contributed by atoms with van der Waals surface area (Å²) in [5.41, 5.74) is 3.97. The van der Waals surface area contributed by atoms with Gasteiger partial charge in [-0.3, -0.25) is 0 Å². The van der Waals surface area contributed by atoms with Gasteiger partial charge in [0.25, 0.3) is 0 Å². The summed E-state index contributed by atoms with van der Waals surface area (Å²) in [4.78, 5) is 4.39. The Kier molecular flexibility index (Phi) is 3.69. The average Bonchev–Trinajstić information content (AvgIpc) is 2.28. The van der Waals surface area contributed by atoms with E-state index in [1.54, 1.807) is 0 Å². The van der Waals surface area contributed by atoms with Gasteiger partial charge in [-0.05, 0) is 38.0 Å². The van der Waals surface area contributed by atoms with E-state index in [2.05, 4.69) is 66.7 Å². The molecule has 0 radical (unpaired) electrons. The molecule has 0 saturated heterocycles. The molecule has 92 valence electrons. The van der Waals surface area contributed by atoms with E-state index in [0.717, 1.165) is 19.6 Å². The largest absolute Gasteiger partial charge is 0.383 e. The summed E-state index contributed by atoms with van der Waals surface area (Å²) in [6, 6.07) is 6.49. The molecule has 0 aromatic heterocycles. The van der Waals surface area contributed by atoms with Gasteiger partial charge in [0.1, 0.15) is 0 Å². The summed E-state index contributed by atoms with van der Waals surface area (Å²) >= 11 is 0. The summed E-state index contributed by atoms with van der Waals surface area (Å²) in [5, 5.41) is 3.51. The van der Waals surface area contributed by atoms with Crippen LogP contribution in [0.15, 0.2) is 24.4 Å². The molecule has 2 rings (SSSR count). The zero-order valence-electron chi connectivity index (χ0n) is 10.9. The summed E-state index contributed by atoms with van der Waals surface area (Å²) in [6.07, 6.45) is 4.33. The quantitative estimate of drug-likeness (QED) is 0.856. The number of hydrogen-bond donors (Lipinski definition) is 1. The first-order valence-electron chi connectivity index (χ1n) is 6.06. The summed E-state index contributed by atoms with van der Waals surface area (Å²) in [6.45, 7) is 3.02. The SMILES string of the molecule is CN(C)CCNc1cccc2c1C=CN(C)C2. The average molecular weight is 231 g/mol. The van der Waals surface area contributed by atoms with Gasteiger partial charge in [-0.1, -0.05) is 12.1 Å². The highest BCUT2D eigenvalue weighted by Crippen LogP contribution is 2.25. The number of hydrogen-bond acceptors (Lipinski definition) is 3. The fraction of sp³-hybridized carbons (Fsp3) is 0.429. The van der Waals surface area contributed by atoms with E-state index in [-0.39, 0.29) is 0 Å². The molecule has 17 heavy (non-hydrogen) atoms. The third kappa shape index (κ3) is 3.01. The van der Waals surface area contributed by atoms with Crippen molar-refractivity contribution in [2.45, 2.75) is 6.54 Å². The van der Waals surface area contributed by atoms with Crippen molar-refractivity contribution in [3.8, 4) is 0 Å². The van der Waals surface area contributed by atoms with E-state index >= 15 is 0 Å². The van der Waals surface area contributed by atoms with E-state index in [4.69, 9.17) is 0 Å². The topological polar surface area (TPSA) is 18.5 Å². The second-order valence-corrected chi connectivity index (χ2v) is 4.84. The molecule has 3 heteroatoms. The van der Waals surface area contributed by atoms with Crippen molar-refractivity contribution >= 4 is 11.8 Å². The van der Waals surface area contributed by atoms with Gasteiger partial charge in [-0.25, -0.2) is 0 Å². The van der Waals surface area contributed by atoms with E-state index in [0.29, 0.717) is 0 Å². The van der Waals surface area contributed by atoms with Gasteiger partial charge in [-0.15, -0.1) is 0 Å². The predicted octanol–water partition coefficient (Wildman–Crippen LogP) is 2.08. The van der Waals surface area contributed by atoms with Gasteiger partial charge < -0.3 is 15.1 Å². The Bertz CT molecular complexity index is 410. The molecule has 3 nitrogen and oxygen atoms in total. The zero-order chi connectivity index (χ0) is 12.3. The van der Waals surface area contributed by atoms with Crippen LogP contribution in [0.4, 0.5) is 5.69 Å². The smallest absolute Gasteiger partial charge is 0.0427 e. The number of likely N-dealkylation sites (N-methyl/N-ethyl adjacent to an activating group) is 1. The minimum atomic E-state index is 0.979. The number of fused-ring (bicyclic) bond motifs is 1. The van der Waals surface area contributed by atoms with Gasteiger partial charge in [0.15, 0.2) is 0 Å². The third-order valence-electron chi connectivity index (χ3n) is 2.99. The molecule has 1 aromatic carbocycles. The fourth-order valence-electron chi connectivity index (χ4n) is 2.04. The highest BCUT2D eigenvalue weighted by molar-refractivity contribution is 5.70. The molecule has 1 aliphatic rings. The van der Waals surface area contributed by atoms with Gasteiger partial charge in [0.2, 0.25) is 0 Å². The molecule has 0 spiro atoms. The minimum absolute atomic E-state index is 0.979. The molecule has 0 aliphatic carbocycles. The number of anilines is 1. The molecule has 0 fully saturated rings. The molecular weight excluding hydrogens is 210 g/mol. The Morgan fingerprint density at radius 1 is 1.35 bits per heavy atom. The number of benzene rings is 1. The summed E-state index contributed by atoms with van der Waals surface area (Å²) in [5.74, 6) is 0. The van der Waals surface area contributed by atoms with Gasteiger partial charge in [-0.2, -0.15) is 0 Å². The van der Waals surface area contributed by atoms with Crippen LogP contribution in [0.1, 0.15) is 11.1 Å². The van der Waals surface area contributed by atoms with E-state index in [1.807, 2.05) is 0 Å². The highest BCUT2D eigenvalue weighted by atomic mass is 15.1. The molecule has 0 bridgehead atoms. The Morgan fingerprint density at radius 3 is 2.94 bits per heavy atom. The molecule has 1 aliphatic heterocycles. The third-order valence-corrected chi connectivity index (χ3v) is 2.99. The second kappa shape index (κ2) is 5.23. The lowest BCUT2D eigenvalue weighted by atomic mass is 10.0. The lowest BCUT2D eigenvalue weighted by Gasteiger charge is -2.23. The Hall–Kier alpha value is -1.48. The number of nitrogens with zero attached hydrogens (tertiary/aromatic N) is 2. The molecule has 1 heterocycles. The Balaban J connectivity index is 2.10. The maximum Gasteiger partial charge on any atom is 0.0427 e. The van der Waals surface area contributed by atoms with Crippen LogP contribution in [0.3, 0.4) is 0 Å². The standard InChI is InChI=1S/C14H21N3/c1-16(2)10-8-15-14-6-4-5-12-11-17(3)9-7-13(12)14/h4-7,9,15H,8,10-11H2,1-3H3. The minimum Gasteiger partial charge on any atom is -0.383 e. The van der Waals surface area contributed by atoms with Gasteiger partial charge in [0, 0.05) is 37.9 Å². The summed E-state index contributed by atoms with van der Waals surface area (Å²) in [7, 11) is 6.29.